The van der Waals surface area contributed by atoms with Gasteiger partial charge in [0.25, 0.3) is 11.8 Å². The lowest BCUT2D eigenvalue weighted by molar-refractivity contribution is 0.0746. The quantitative estimate of drug-likeness (QED) is 0.827. The van der Waals surface area contributed by atoms with Crippen molar-refractivity contribution in [2.75, 3.05) is 37.6 Å². The molecule has 0 aromatic heterocycles. The summed E-state index contributed by atoms with van der Waals surface area (Å²) in [4.78, 5) is 28.5. The molecule has 2 amide bonds. The van der Waals surface area contributed by atoms with E-state index in [-0.39, 0.29) is 17.6 Å². The summed E-state index contributed by atoms with van der Waals surface area (Å²) in [7, 11) is 0. The van der Waals surface area contributed by atoms with Crippen LogP contribution in [0.4, 0.5) is 10.1 Å². The van der Waals surface area contributed by atoms with Crippen LogP contribution in [0.15, 0.2) is 61.2 Å². The van der Waals surface area contributed by atoms with E-state index in [0.717, 1.165) is 5.69 Å². The van der Waals surface area contributed by atoms with Crippen molar-refractivity contribution in [3.8, 4) is 0 Å². The monoisotopic (exact) mass is 367 g/mol. The number of amides is 2. The molecule has 3 rings (SSSR count). The Balaban J connectivity index is 1.58. The van der Waals surface area contributed by atoms with Crippen LogP contribution in [0.1, 0.15) is 20.7 Å². The molecule has 1 fully saturated rings. The van der Waals surface area contributed by atoms with Crippen molar-refractivity contribution in [2.24, 2.45) is 0 Å². The van der Waals surface area contributed by atoms with Gasteiger partial charge in [-0.3, -0.25) is 9.59 Å². The summed E-state index contributed by atoms with van der Waals surface area (Å²) < 4.78 is 13.0. The lowest BCUT2D eigenvalue weighted by Gasteiger charge is -2.36. The van der Waals surface area contributed by atoms with E-state index >= 15 is 0 Å². The number of carbonyl (C=O) groups excluding carboxylic acids is 2. The van der Waals surface area contributed by atoms with Crippen LogP contribution in [-0.2, 0) is 0 Å². The molecule has 0 aliphatic carbocycles. The number of hydrogen-bond donors (Lipinski definition) is 1. The molecule has 1 heterocycles. The first kappa shape index (κ1) is 18.6. The summed E-state index contributed by atoms with van der Waals surface area (Å²) in [5.74, 6) is -0.497. The Bertz CT molecular complexity index is 810. The van der Waals surface area contributed by atoms with Crippen LogP contribution >= 0.6 is 0 Å². The molecule has 1 aliphatic rings. The second kappa shape index (κ2) is 8.49. The van der Waals surface area contributed by atoms with Crippen LogP contribution in [-0.4, -0.2) is 49.4 Å². The molecule has 0 atom stereocenters. The highest BCUT2D eigenvalue weighted by Gasteiger charge is 2.22. The van der Waals surface area contributed by atoms with Gasteiger partial charge in [-0.25, -0.2) is 4.39 Å². The number of piperazine rings is 1. The van der Waals surface area contributed by atoms with Crippen molar-refractivity contribution < 1.29 is 14.0 Å². The van der Waals surface area contributed by atoms with Gasteiger partial charge in [-0.15, -0.1) is 6.58 Å². The molecule has 140 valence electrons. The Hall–Kier alpha value is -3.15. The van der Waals surface area contributed by atoms with Gasteiger partial charge in [-0.1, -0.05) is 6.08 Å². The summed E-state index contributed by atoms with van der Waals surface area (Å²) in [6.45, 7) is 6.54. The summed E-state index contributed by atoms with van der Waals surface area (Å²) in [5, 5.41) is 2.70. The van der Waals surface area contributed by atoms with E-state index in [1.165, 1.54) is 12.1 Å². The number of hydrogen-bond acceptors (Lipinski definition) is 3. The number of nitrogens with zero attached hydrogens (tertiary/aromatic N) is 2. The summed E-state index contributed by atoms with van der Waals surface area (Å²) in [6, 6.07) is 13.1. The maximum Gasteiger partial charge on any atom is 0.253 e. The molecule has 0 saturated carbocycles. The van der Waals surface area contributed by atoms with E-state index in [2.05, 4.69) is 16.8 Å². The molecule has 1 N–H and O–H groups in total. The molecule has 0 spiro atoms. The van der Waals surface area contributed by atoms with Crippen LogP contribution in [0.2, 0.25) is 0 Å². The third kappa shape index (κ3) is 4.53. The zero-order chi connectivity index (χ0) is 19.2. The van der Waals surface area contributed by atoms with Crippen LogP contribution in [0.5, 0.6) is 0 Å². The molecule has 6 heteroatoms. The fourth-order valence-electron chi connectivity index (χ4n) is 3.03. The number of nitrogens with one attached hydrogen (secondary N) is 1. The Labute approximate surface area is 158 Å². The number of rotatable bonds is 5. The number of anilines is 1. The van der Waals surface area contributed by atoms with Gasteiger partial charge < -0.3 is 15.1 Å². The number of benzene rings is 2. The zero-order valence-electron chi connectivity index (χ0n) is 15.0. The van der Waals surface area contributed by atoms with Crippen LogP contribution in [0, 0.1) is 5.82 Å². The van der Waals surface area contributed by atoms with Crippen LogP contribution in [0.3, 0.4) is 0 Å². The summed E-state index contributed by atoms with van der Waals surface area (Å²) in [6.07, 6.45) is 1.61. The summed E-state index contributed by atoms with van der Waals surface area (Å²) >= 11 is 0. The highest BCUT2D eigenvalue weighted by molar-refractivity contribution is 5.98. The minimum Gasteiger partial charge on any atom is -0.368 e. The Kier molecular flexibility index (Phi) is 5.86. The molecular formula is C21H22FN3O2. The van der Waals surface area contributed by atoms with Crippen molar-refractivity contribution in [2.45, 2.75) is 0 Å². The van der Waals surface area contributed by atoms with Gasteiger partial charge in [0, 0.05) is 49.5 Å². The van der Waals surface area contributed by atoms with Crippen LogP contribution < -0.4 is 10.2 Å². The lowest BCUT2D eigenvalue weighted by atomic mass is 10.1. The standard InChI is InChI=1S/C21H22FN3O2/c1-2-11-23-20(26)16-3-5-17(6-4-16)21(27)25-14-12-24(13-15-25)19-9-7-18(22)8-10-19/h2-10H,1,11-15H2,(H,23,26). The van der Waals surface area contributed by atoms with Crippen molar-refractivity contribution in [3.63, 3.8) is 0 Å². The zero-order valence-corrected chi connectivity index (χ0v) is 15.0. The maximum absolute atomic E-state index is 13.0. The fraction of sp³-hybridized carbons (Fsp3) is 0.238. The molecular weight excluding hydrogens is 345 g/mol. The third-order valence-electron chi connectivity index (χ3n) is 4.56. The number of halogens is 1. The van der Waals surface area contributed by atoms with E-state index in [9.17, 15) is 14.0 Å². The van der Waals surface area contributed by atoms with Gasteiger partial charge >= 0.3 is 0 Å². The average Bonchev–Trinajstić information content (AvgIpc) is 2.72. The normalized spacial score (nSPS) is 14.0. The van der Waals surface area contributed by atoms with E-state index in [1.54, 1.807) is 47.4 Å². The Morgan fingerprint density at radius 3 is 2.15 bits per heavy atom. The second-order valence-electron chi connectivity index (χ2n) is 6.33. The minimum atomic E-state index is -0.255. The van der Waals surface area contributed by atoms with Gasteiger partial charge in [0.15, 0.2) is 0 Å². The van der Waals surface area contributed by atoms with Crippen LogP contribution in [0.25, 0.3) is 0 Å². The largest absolute Gasteiger partial charge is 0.368 e. The minimum absolute atomic E-state index is 0.0493. The van der Waals surface area contributed by atoms with E-state index in [0.29, 0.717) is 43.9 Å². The van der Waals surface area contributed by atoms with Gasteiger partial charge in [0.1, 0.15) is 5.82 Å². The van der Waals surface area contributed by atoms with Gasteiger partial charge in [0.05, 0.1) is 0 Å². The first-order valence-corrected chi connectivity index (χ1v) is 8.87. The van der Waals surface area contributed by atoms with Crippen molar-refractivity contribution >= 4 is 17.5 Å². The van der Waals surface area contributed by atoms with Crippen molar-refractivity contribution in [1.29, 1.82) is 0 Å². The van der Waals surface area contributed by atoms with Gasteiger partial charge in [-0.2, -0.15) is 0 Å². The molecule has 1 saturated heterocycles. The van der Waals surface area contributed by atoms with Gasteiger partial charge in [-0.05, 0) is 48.5 Å². The Morgan fingerprint density at radius 2 is 1.56 bits per heavy atom. The topological polar surface area (TPSA) is 52.7 Å². The first-order valence-electron chi connectivity index (χ1n) is 8.87. The first-order chi connectivity index (χ1) is 13.1. The maximum atomic E-state index is 13.0. The van der Waals surface area contributed by atoms with Gasteiger partial charge in [0.2, 0.25) is 0 Å². The SMILES string of the molecule is C=CCNC(=O)c1ccc(C(=O)N2CCN(c3ccc(F)cc3)CC2)cc1. The number of carbonyl (C=O) groups is 2. The molecule has 2 aromatic carbocycles. The van der Waals surface area contributed by atoms with Crippen molar-refractivity contribution in [3.05, 3.63) is 78.1 Å². The highest BCUT2D eigenvalue weighted by atomic mass is 19.1. The van der Waals surface area contributed by atoms with E-state index in [4.69, 9.17) is 0 Å². The average molecular weight is 367 g/mol. The second-order valence-corrected chi connectivity index (χ2v) is 6.33. The lowest BCUT2D eigenvalue weighted by Crippen LogP contribution is -2.48. The van der Waals surface area contributed by atoms with E-state index in [1.807, 2.05) is 0 Å². The predicted molar refractivity (Wildman–Crippen MR) is 103 cm³/mol. The van der Waals surface area contributed by atoms with E-state index < -0.39 is 0 Å². The molecule has 2 aromatic rings. The predicted octanol–water partition coefficient (Wildman–Crippen LogP) is 2.70. The molecule has 0 radical (unpaired) electrons. The van der Waals surface area contributed by atoms with Crippen molar-refractivity contribution in [1.82, 2.24) is 10.2 Å². The smallest absolute Gasteiger partial charge is 0.253 e. The summed E-state index contributed by atoms with van der Waals surface area (Å²) in [5.41, 5.74) is 2.03. The third-order valence-corrected chi connectivity index (χ3v) is 4.56. The molecule has 0 unspecified atom stereocenters. The Morgan fingerprint density at radius 1 is 0.963 bits per heavy atom. The highest BCUT2D eigenvalue weighted by Crippen LogP contribution is 2.18. The molecule has 0 bridgehead atoms. The molecule has 5 nitrogen and oxygen atoms in total. The molecule has 1 aliphatic heterocycles. The fourth-order valence-corrected chi connectivity index (χ4v) is 3.03. The molecule has 27 heavy (non-hydrogen) atoms.